The molecular weight excluding hydrogens is 859 g/mol. The Morgan fingerprint density at radius 1 is 0.851 bits per heavy atom. The zero-order chi connectivity index (χ0) is 47.9. The summed E-state index contributed by atoms with van der Waals surface area (Å²) >= 11 is 0. The zero-order valence-electron chi connectivity index (χ0n) is 39.8. The number of benzene rings is 2. The van der Waals surface area contributed by atoms with E-state index in [9.17, 15) is 19.2 Å². The second-order valence-electron chi connectivity index (χ2n) is 18.0. The van der Waals surface area contributed by atoms with Crippen LogP contribution in [0.2, 0.25) is 0 Å². The van der Waals surface area contributed by atoms with Gasteiger partial charge in [0.2, 0.25) is 23.6 Å². The van der Waals surface area contributed by atoms with Crippen molar-refractivity contribution in [1.29, 1.82) is 0 Å². The van der Waals surface area contributed by atoms with Gasteiger partial charge >= 0.3 is 5.69 Å². The van der Waals surface area contributed by atoms with Crippen LogP contribution in [0.5, 0.6) is 5.88 Å². The van der Waals surface area contributed by atoms with Gasteiger partial charge < -0.3 is 49.9 Å². The summed E-state index contributed by atoms with van der Waals surface area (Å²) in [4.78, 5) is 61.4. The molecule has 4 heterocycles. The summed E-state index contributed by atoms with van der Waals surface area (Å²) < 4.78 is 32.0. The second-order valence-corrected chi connectivity index (χ2v) is 18.0. The molecule has 1 aliphatic rings. The molecule has 362 valence electrons. The molecule has 6 rings (SSSR count). The minimum atomic E-state index is -0.854. The number of ether oxygens (including phenoxy) is 5. The average Bonchev–Trinajstić information content (AvgIpc) is 3.58. The standard InChI is InChI=1S/C49H67N9O9/c1-33(2)45(55-43(59)32-66-27-26-65-25-24-64-23-18-50)48(61)53-34(3)47(60)54-38-12-8-35(9-13-38)31-58(5,6)19-7-20-67-44-15-11-37(29-52-44)36-10-14-41-40(28-36)46-42(30-51-41)56(4)49(62)57(46)39-16-21-63-22-17-39/h8-15,28-30,33-34,39,45H,7,16-27,31-32,50H2,1-6H3,(H2-,53,54,55,59,60,61)/p+1/t34-,45-/m0/s1. The number of aryl methyl sites for hydroxylation is 1. The van der Waals surface area contributed by atoms with Gasteiger partial charge in [0.05, 0.1) is 83.0 Å². The first-order valence-electron chi connectivity index (χ1n) is 23.2. The zero-order valence-corrected chi connectivity index (χ0v) is 39.8. The predicted octanol–water partition coefficient (Wildman–Crippen LogP) is 3.94. The van der Waals surface area contributed by atoms with Crippen LogP contribution in [0.1, 0.15) is 51.6 Å². The number of amides is 3. The van der Waals surface area contributed by atoms with Crippen LogP contribution in [0.25, 0.3) is 33.1 Å². The minimum Gasteiger partial charge on any atom is -0.477 e. The molecule has 2 atom stereocenters. The lowest BCUT2D eigenvalue weighted by Crippen LogP contribution is -2.54. The molecule has 67 heavy (non-hydrogen) atoms. The molecule has 0 aliphatic carbocycles. The number of nitrogens with zero attached hydrogens (tertiary/aromatic N) is 5. The molecule has 0 spiro atoms. The molecule has 0 saturated carbocycles. The summed E-state index contributed by atoms with van der Waals surface area (Å²) in [5.74, 6) is -0.976. The van der Waals surface area contributed by atoms with E-state index in [1.54, 1.807) is 24.7 Å². The van der Waals surface area contributed by atoms with Crippen LogP contribution in [0.3, 0.4) is 0 Å². The molecule has 0 unspecified atom stereocenters. The third kappa shape index (κ3) is 14.1. The highest BCUT2D eigenvalue weighted by molar-refractivity contribution is 6.04. The molecular formula is C49H68N9O9+. The van der Waals surface area contributed by atoms with Crippen molar-refractivity contribution in [3.05, 3.63) is 83.0 Å². The third-order valence-electron chi connectivity index (χ3n) is 11.8. The largest absolute Gasteiger partial charge is 0.477 e. The summed E-state index contributed by atoms with van der Waals surface area (Å²) in [6.45, 7) is 10.7. The quantitative estimate of drug-likeness (QED) is 0.0485. The van der Waals surface area contributed by atoms with E-state index in [1.165, 1.54) is 0 Å². The molecule has 2 aromatic carbocycles. The lowest BCUT2D eigenvalue weighted by molar-refractivity contribution is -0.903. The van der Waals surface area contributed by atoms with E-state index >= 15 is 0 Å². The molecule has 3 amide bonds. The predicted molar refractivity (Wildman–Crippen MR) is 257 cm³/mol. The Labute approximate surface area is 392 Å². The van der Waals surface area contributed by atoms with Crippen molar-refractivity contribution in [1.82, 2.24) is 29.7 Å². The van der Waals surface area contributed by atoms with E-state index in [2.05, 4.69) is 46.1 Å². The van der Waals surface area contributed by atoms with Gasteiger partial charge in [-0.3, -0.25) is 28.5 Å². The van der Waals surface area contributed by atoms with Crippen LogP contribution in [0.4, 0.5) is 5.69 Å². The SMILES string of the molecule is CC(C)[C@H](NC(=O)COCCOCCOCCN)C(=O)N[C@@H](C)C(=O)Nc1ccc(C[N+](C)(C)CCCOc2ccc(-c3ccc4ncc5c(c4c3)n(C3CCOCC3)c(=O)n5C)cn2)cc1. The Morgan fingerprint density at radius 3 is 2.24 bits per heavy atom. The lowest BCUT2D eigenvalue weighted by Gasteiger charge is -2.30. The fourth-order valence-corrected chi connectivity index (χ4v) is 8.12. The fourth-order valence-electron chi connectivity index (χ4n) is 8.12. The topological polar surface area (TPSA) is 212 Å². The summed E-state index contributed by atoms with van der Waals surface area (Å²) in [5, 5.41) is 9.23. The number of imidazole rings is 1. The van der Waals surface area contributed by atoms with Crippen molar-refractivity contribution >= 4 is 45.3 Å². The number of anilines is 1. The minimum absolute atomic E-state index is 0.0362. The number of rotatable bonds is 25. The van der Waals surface area contributed by atoms with E-state index in [1.807, 2.05) is 73.1 Å². The molecule has 1 fully saturated rings. The van der Waals surface area contributed by atoms with E-state index in [-0.39, 0.29) is 36.8 Å². The van der Waals surface area contributed by atoms with Crippen LogP contribution in [-0.4, -0.2) is 140 Å². The van der Waals surface area contributed by atoms with Crippen LogP contribution in [0, 0.1) is 5.92 Å². The molecule has 5 aromatic rings. The summed E-state index contributed by atoms with van der Waals surface area (Å²) in [5.41, 5.74) is 11.5. The van der Waals surface area contributed by atoms with Gasteiger partial charge in [-0.25, -0.2) is 9.78 Å². The van der Waals surface area contributed by atoms with Crippen LogP contribution >= 0.6 is 0 Å². The maximum atomic E-state index is 13.4. The van der Waals surface area contributed by atoms with Gasteiger partial charge in [0.1, 0.15) is 25.2 Å². The van der Waals surface area contributed by atoms with Gasteiger partial charge in [-0.2, -0.15) is 0 Å². The Hall–Kier alpha value is -5.76. The third-order valence-corrected chi connectivity index (χ3v) is 11.8. The first-order valence-corrected chi connectivity index (χ1v) is 23.2. The molecule has 18 heteroatoms. The maximum Gasteiger partial charge on any atom is 0.329 e. The molecule has 5 N–H and O–H groups in total. The molecule has 3 aromatic heterocycles. The van der Waals surface area contributed by atoms with Gasteiger partial charge in [-0.15, -0.1) is 0 Å². The van der Waals surface area contributed by atoms with Crippen molar-refractivity contribution in [2.45, 2.75) is 64.7 Å². The van der Waals surface area contributed by atoms with Crippen molar-refractivity contribution in [2.24, 2.45) is 18.7 Å². The van der Waals surface area contributed by atoms with Gasteiger partial charge in [0.15, 0.2) is 0 Å². The molecule has 0 radical (unpaired) electrons. The van der Waals surface area contributed by atoms with Gasteiger partial charge in [0.25, 0.3) is 0 Å². The molecule has 1 saturated heterocycles. The van der Waals surface area contributed by atoms with Crippen molar-refractivity contribution < 1.29 is 42.6 Å². The maximum absolute atomic E-state index is 13.4. The smallest absolute Gasteiger partial charge is 0.329 e. The monoisotopic (exact) mass is 927 g/mol. The number of hydrogen-bond acceptors (Lipinski definition) is 12. The van der Waals surface area contributed by atoms with E-state index < -0.39 is 23.9 Å². The van der Waals surface area contributed by atoms with E-state index in [4.69, 9.17) is 29.4 Å². The number of carbonyl (C=O) groups excluding carboxylic acids is 3. The molecule has 0 bridgehead atoms. The highest BCUT2D eigenvalue weighted by Crippen LogP contribution is 2.32. The van der Waals surface area contributed by atoms with Gasteiger partial charge in [0, 0.05) is 73.7 Å². The Bertz CT molecular complexity index is 2460. The Morgan fingerprint density at radius 2 is 1.55 bits per heavy atom. The first kappa shape index (κ1) is 50.6. The number of nitrogens with two attached hydrogens (primary N) is 1. The molecule has 1 aliphatic heterocycles. The molecule has 18 nitrogen and oxygen atoms in total. The number of nitrogens with one attached hydrogen (secondary N) is 3. The normalized spacial score (nSPS) is 14.3. The van der Waals surface area contributed by atoms with Gasteiger partial charge in [-0.1, -0.05) is 32.0 Å². The second kappa shape index (κ2) is 24.3. The van der Waals surface area contributed by atoms with Crippen molar-refractivity contribution in [3.8, 4) is 17.0 Å². The number of quaternary nitrogens is 1. The summed E-state index contributed by atoms with van der Waals surface area (Å²) in [6, 6.07) is 16.0. The lowest BCUT2D eigenvalue weighted by atomic mass is 10.0. The van der Waals surface area contributed by atoms with Crippen LogP contribution in [0.15, 0.2) is 71.8 Å². The summed E-state index contributed by atoms with van der Waals surface area (Å²) in [6.07, 6.45) is 6.00. The summed E-state index contributed by atoms with van der Waals surface area (Å²) in [7, 11) is 6.13. The highest BCUT2D eigenvalue weighted by atomic mass is 16.5. The first-order chi connectivity index (χ1) is 32.2. The highest BCUT2D eigenvalue weighted by Gasteiger charge is 2.28. The van der Waals surface area contributed by atoms with Crippen LogP contribution in [-0.2, 0) is 46.9 Å². The van der Waals surface area contributed by atoms with E-state index in [0.29, 0.717) is 64.4 Å². The van der Waals surface area contributed by atoms with Crippen molar-refractivity contribution in [3.63, 3.8) is 0 Å². The number of hydrogen-bond donors (Lipinski definition) is 4. The Kier molecular flexibility index (Phi) is 18.4. The number of fused-ring (bicyclic) bond motifs is 3. The van der Waals surface area contributed by atoms with Crippen LogP contribution < -0.4 is 32.1 Å². The van der Waals surface area contributed by atoms with Crippen molar-refractivity contribution in [2.75, 3.05) is 92.0 Å². The number of pyridine rings is 2. The number of carbonyl (C=O) groups is 3. The van der Waals surface area contributed by atoms with E-state index in [0.717, 1.165) is 75.5 Å². The fraction of sp³-hybridized carbons (Fsp3) is 0.510. The average molecular weight is 927 g/mol. The number of aromatic nitrogens is 4. The van der Waals surface area contributed by atoms with Gasteiger partial charge in [-0.05, 0) is 61.6 Å². The Balaban J connectivity index is 0.922.